The summed E-state index contributed by atoms with van der Waals surface area (Å²) < 4.78 is 47.0. The molecule has 0 spiro atoms. The van der Waals surface area contributed by atoms with Gasteiger partial charge in [-0.1, -0.05) is 26.8 Å². The SMILES string of the molecule is CCC(C)(C)CN(C)/C=C\C(=N)Oc1ccc(NC(=O)Nc2ccc(CN3CCN(C)CC3)c(C(F)(F)F)c2)cc1. The zero-order valence-corrected chi connectivity index (χ0v) is 24.4. The number of urea groups is 1. The standard InChI is InChI=1S/C30H41F3N6O2/c1-6-29(2,3)21-38(5)14-13-27(34)41-25-11-9-23(10-12-25)35-28(40)36-24-8-7-22(26(19-24)30(31,32)33)20-39-17-15-37(4)16-18-39/h7-14,19,34H,6,15-18,20-21H2,1-5H3,(H2,35,36,40)/b14-13-,34-27?. The molecule has 1 aliphatic heterocycles. The molecule has 11 heteroatoms. The first-order chi connectivity index (χ1) is 19.2. The molecule has 1 fully saturated rings. The van der Waals surface area contributed by atoms with Crippen molar-refractivity contribution in [3.63, 3.8) is 0 Å². The van der Waals surface area contributed by atoms with Crippen LogP contribution in [0.1, 0.15) is 38.3 Å². The molecular formula is C30H41F3N6O2. The number of alkyl halides is 3. The number of carbonyl (C=O) groups excluding carboxylic acids is 1. The zero-order valence-electron chi connectivity index (χ0n) is 24.4. The van der Waals surface area contributed by atoms with Crippen molar-refractivity contribution in [2.24, 2.45) is 5.41 Å². The van der Waals surface area contributed by atoms with E-state index in [2.05, 4.69) is 36.3 Å². The van der Waals surface area contributed by atoms with Gasteiger partial charge < -0.3 is 25.2 Å². The van der Waals surface area contributed by atoms with Crippen LogP contribution in [-0.4, -0.2) is 73.4 Å². The molecule has 1 aliphatic rings. The quantitative estimate of drug-likeness (QED) is 0.228. The van der Waals surface area contributed by atoms with Crippen molar-refractivity contribution in [1.82, 2.24) is 14.7 Å². The summed E-state index contributed by atoms with van der Waals surface area (Å²) in [6.45, 7) is 10.6. The fourth-order valence-corrected chi connectivity index (χ4v) is 4.40. The van der Waals surface area contributed by atoms with Gasteiger partial charge in [-0.3, -0.25) is 10.3 Å². The second kappa shape index (κ2) is 13.9. The molecule has 0 aromatic heterocycles. The summed E-state index contributed by atoms with van der Waals surface area (Å²) in [5, 5.41) is 13.1. The number of carbonyl (C=O) groups is 1. The number of rotatable bonds is 10. The number of halogens is 3. The molecule has 0 atom stereocenters. The zero-order chi connectivity index (χ0) is 30.2. The van der Waals surface area contributed by atoms with E-state index >= 15 is 0 Å². The molecular weight excluding hydrogens is 533 g/mol. The van der Waals surface area contributed by atoms with Gasteiger partial charge >= 0.3 is 12.2 Å². The molecule has 8 nitrogen and oxygen atoms in total. The number of ether oxygens (including phenoxy) is 1. The van der Waals surface area contributed by atoms with E-state index < -0.39 is 17.8 Å². The lowest BCUT2D eigenvalue weighted by Crippen LogP contribution is -2.44. The Hall–Kier alpha value is -3.57. The first-order valence-corrected chi connectivity index (χ1v) is 13.7. The Bertz CT molecular complexity index is 1210. The van der Waals surface area contributed by atoms with Crippen LogP contribution in [0.3, 0.4) is 0 Å². The first-order valence-electron chi connectivity index (χ1n) is 13.7. The predicted octanol–water partition coefficient (Wildman–Crippen LogP) is 6.33. The van der Waals surface area contributed by atoms with E-state index in [1.54, 1.807) is 36.5 Å². The number of benzene rings is 2. The van der Waals surface area contributed by atoms with Crippen molar-refractivity contribution < 1.29 is 22.7 Å². The number of hydrogen-bond acceptors (Lipinski definition) is 6. The average Bonchev–Trinajstić information content (AvgIpc) is 2.90. The van der Waals surface area contributed by atoms with E-state index in [0.29, 0.717) is 24.5 Å². The first kappa shape index (κ1) is 32.0. The van der Waals surface area contributed by atoms with Crippen LogP contribution >= 0.6 is 0 Å². The minimum atomic E-state index is -4.55. The Balaban J connectivity index is 1.55. The van der Waals surface area contributed by atoms with E-state index in [1.807, 2.05) is 23.9 Å². The fraction of sp³-hybridized carbons (Fsp3) is 0.467. The van der Waals surface area contributed by atoms with Gasteiger partial charge in [0.1, 0.15) is 5.75 Å². The Morgan fingerprint density at radius 3 is 2.27 bits per heavy atom. The van der Waals surface area contributed by atoms with Gasteiger partial charge in [0.05, 0.1) is 5.56 Å². The van der Waals surface area contributed by atoms with Gasteiger partial charge in [-0.2, -0.15) is 13.2 Å². The molecule has 1 heterocycles. The summed E-state index contributed by atoms with van der Waals surface area (Å²) in [6, 6.07) is 9.57. The maximum Gasteiger partial charge on any atom is 0.416 e. The monoisotopic (exact) mass is 574 g/mol. The van der Waals surface area contributed by atoms with Crippen LogP contribution in [0.15, 0.2) is 54.7 Å². The smallest absolute Gasteiger partial charge is 0.416 e. The highest BCUT2D eigenvalue weighted by molar-refractivity contribution is 5.99. The van der Waals surface area contributed by atoms with Crippen molar-refractivity contribution in [1.29, 1.82) is 5.41 Å². The molecule has 3 rings (SSSR count). The number of piperazine rings is 1. The summed E-state index contributed by atoms with van der Waals surface area (Å²) in [7, 11) is 3.94. The third-order valence-electron chi connectivity index (χ3n) is 7.12. The Kier molecular flexibility index (Phi) is 10.8. The number of likely N-dealkylation sites (N-methyl/N-ethyl adjacent to an activating group) is 1. The Labute approximate surface area is 240 Å². The van der Waals surface area contributed by atoms with Crippen molar-refractivity contribution in [2.75, 3.05) is 57.5 Å². The topological polar surface area (TPSA) is 83.9 Å². The maximum absolute atomic E-state index is 13.8. The lowest BCUT2D eigenvalue weighted by atomic mass is 9.90. The van der Waals surface area contributed by atoms with Crippen LogP contribution in [-0.2, 0) is 12.7 Å². The van der Waals surface area contributed by atoms with E-state index in [1.165, 1.54) is 12.1 Å². The molecule has 2 aromatic rings. The minimum Gasteiger partial charge on any atom is -0.440 e. The molecule has 224 valence electrons. The van der Waals surface area contributed by atoms with Gasteiger partial charge in [-0.25, -0.2) is 4.79 Å². The third kappa shape index (κ3) is 10.4. The second-order valence-corrected chi connectivity index (χ2v) is 11.3. The molecule has 2 amide bonds. The number of amides is 2. The van der Waals surface area contributed by atoms with Crippen LogP contribution in [0.2, 0.25) is 0 Å². The molecule has 0 radical (unpaired) electrons. The molecule has 0 bridgehead atoms. The van der Waals surface area contributed by atoms with Gasteiger partial charge in [0.15, 0.2) is 0 Å². The van der Waals surface area contributed by atoms with Gasteiger partial charge in [-0.15, -0.1) is 0 Å². The maximum atomic E-state index is 13.8. The van der Waals surface area contributed by atoms with Crippen LogP contribution < -0.4 is 15.4 Å². The Morgan fingerprint density at radius 2 is 1.66 bits per heavy atom. The van der Waals surface area contributed by atoms with Crippen LogP contribution in [0.5, 0.6) is 5.75 Å². The molecule has 41 heavy (non-hydrogen) atoms. The lowest BCUT2D eigenvalue weighted by Gasteiger charge is -2.33. The van der Waals surface area contributed by atoms with E-state index in [9.17, 15) is 18.0 Å². The van der Waals surface area contributed by atoms with Crippen LogP contribution in [0.25, 0.3) is 0 Å². The van der Waals surface area contributed by atoms with Gasteiger partial charge in [-0.05, 0) is 60.8 Å². The number of hydrogen-bond donors (Lipinski definition) is 3. The normalized spacial score (nSPS) is 15.1. The fourth-order valence-electron chi connectivity index (χ4n) is 4.40. The van der Waals surface area contributed by atoms with Crippen molar-refractivity contribution >= 4 is 23.3 Å². The Morgan fingerprint density at radius 1 is 1.05 bits per heavy atom. The highest BCUT2D eigenvalue weighted by Gasteiger charge is 2.34. The summed E-state index contributed by atoms with van der Waals surface area (Å²) in [4.78, 5) is 18.7. The van der Waals surface area contributed by atoms with E-state index in [4.69, 9.17) is 10.1 Å². The number of anilines is 2. The minimum absolute atomic E-state index is 0.0406. The molecule has 0 saturated carbocycles. The highest BCUT2D eigenvalue weighted by Crippen LogP contribution is 2.34. The molecule has 3 N–H and O–H groups in total. The summed E-state index contributed by atoms with van der Waals surface area (Å²) in [6.07, 6.45) is -0.147. The van der Waals surface area contributed by atoms with Crippen LogP contribution in [0.4, 0.5) is 29.3 Å². The van der Waals surface area contributed by atoms with Gasteiger partial charge in [0, 0.05) is 70.0 Å². The predicted molar refractivity (Wildman–Crippen MR) is 157 cm³/mol. The molecule has 2 aromatic carbocycles. The summed E-state index contributed by atoms with van der Waals surface area (Å²) >= 11 is 0. The van der Waals surface area contributed by atoms with Crippen molar-refractivity contribution in [3.8, 4) is 5.75 Å². The van der Waals surface area contributed by atoms with Gasteiger partial charge in [0.25, 0.3) is 0 Å². The number of nitrogens with zero attached hydrogens (tertiary/aromatic N) is 3. The van der Waals surface area contributed by atoms with Crippen molar-refractivity contribution in [2.45, 2.75) is 39.9 Å². The lowest BCUT2D eigenvalue weighted by molar-refractivity contribution is -0.138. The van der Waals surface area contributed by atoms with Gasteiger partial charge in [0.2, 0.25) is 5.90 Å². The molecule has 1 saturated heterocycles. The van der Waals surface area contributed by atoms with Crippen LogP contribution in [0, 0.1) is 10.8 Å². The average molecular weight is 575 g/mol. The molecule has 0 aliphatic carbocycles. The highest BCUT2D eigenvalue weighted by atomic mass is 19.4. The summed E-state index contributed by atoms with van der Waals surface area (Å²) in [5.41, 5.74) is 0.0462. The number of nitrogens with one attached hydrogen (secondary N) is 3. The molecule has 0 unspecified atom stereocenters. The van der Waals surface area contributed by atoms with E-state index in [-0.39, 0.29) is 29.1 Å². The third-order valence-corrected chi connectivity index (χ3v) is 7.12. The second-order valence-electron chi connectivity index (χ2n) is 11.3. The van der Waals surface area contributed by atoms with Crippen molar-refractivity contribution in [3.05, 3.63) is 65.9 Å². The largest absolute Gasteiger partial charge is 0.440 e. The van der Waals surface area contributed by atoms with E-state index in [0.717, 1.165) is 32.1 Å². The summed E-state index contributed by atoms with van der Waals surface area (Å²) in [5.74, 6) is 0.369.